The predicted octanol–water partition coefficient (Wildman–Crippen LogP) is 0.0229. The van der Waals surface area contributed by atoms with Gasteiger partial charge in [-0.05, 0) is 51.3 Å². The van der Waals surface area contributed by atoms with Crippen molar-refractivity contribution in [2.75, 3.05) is 0 Å². The van der Waals surface area contributed by atoms with Crippen molar-refractivity contribution < 1.29 is 17.2 Å². The normalized spacial score (nSPS) is 10.0. The number of nitrogens with one attached hydrogen (secondary N) is 1. The van der Waals surface area contributed by atoms with Crippen LogP contribution >= 0.6 is 15.9 Å². The summed E-state index contributed by atoms with van der Waals surface area (Å²) in [4.78, 5) is 16.2. The van der Waals surface area contributed by atoms with Crippen LogP contribution in [0.5, 0.6) is 0 Å². The van der Waals surface area contributed by atoms with Crippen molar-refractivity contribution in [3.05, 3.63) is 82.3 Å². The van der Waals surface area contributed by atoms with Gasteiger partial charge in [-0.15, -0.1) is 0 Å². The zero-order valence-corrected chi connectivity index (χ0v) is 15.0. The van der Waals surface area contributed by atoms with Gasteiger partial charge < -0.3 is 17.7 Å². The van der Waals surface area contributed by atoms with Crippen molar-refractivity contribution >= 4 is 21.8 Å². The fourth-order valence-corrected chi connectivity index (χ4v) is 2.54. The quantitative estimate of drug-likeness (QED) is 0.650. The molecule has 1 aromatic carbocycles. The number of amides is 1. The van der Waals surface area contributed by atoms with Gasteiger partial charge in [-0.2, -0.15) is 5.10 Å². The number of halogens is 2. The van der Waals surface area contributed by atoms with E-state index in [0.29, 0.717) is 18.7 Å². The molecular formula is C17H15BrClN4O-. The minimum Gasteiger partial charge on any atom is -1.00 e. The van der Waals surface area contributed by atoms with E-state index in [2.05, 4.69) is 31.3 Å². The number of pyridine rings is 1. The van der Waals surface area contributed by atoms with Gasteiger partial charge in [-0.25, -0.2) is 0 Å². The molecule has 2 heterocycles. The number of nitrogens with zero attached hydrogens (tertiary/aromatic N) is 3. The molecule has 0 fully saturated rings. The van der Waals surface area contributed by atoms with Crippen LogP contribution < -0.4 is 17.7 Å². The molecule has 0 saturated heterocycles. The highest BCUT2D eigenvalue weighted by Crippen LogP contribution is 2.11. The molecule has 7 heteroatoms. The molecule has 0 aliphatic carbocycles. The van der Waals surface area contributed by atoms with Crippen molar-refractivity contribution in [1.29, 1.82) is 0 Å². The van der Waals surface area contributed by atoms with Gasteiger partial charge in [-0.3, -0.25) is 14.5 Å². The Morgan fingerprint density at radius 3 is 2.67 bits per heavy atom. The summed E-state index contributed by atoms with van der Waals surface area (Å²) in [5, 5.41) is 7.14. The average Bonchev–Trinajstić information content (AvgIpc) is 2.99. The number of aromatic nitrogens is 3. The highest BCUT2D eigenvalue weighted by atomic mass is 79.9. The SMILES string of the molecule is O=C(NCc1ccncc1)c1cccc(Cn2cc(Br)cn2)c1.[Cl-]. The Hall–Kier alpha value is -2.18. The maximum Gasteiger partial charge on any atom is 0.251 e. The van der Waals surface area contributed by atoms with Crippen LogP contribution in [0, 0.1) is 0 Å². The Kier molecular flexibility index (Phi) is 6.52. The molecule has 0 unspecified atom stereocenters. The van der Waals surface area contributed by atoms with E-state index < -0.39 is 0 Å². The molecule has 3 aromatic rings. The lowest BCUT2D eigenvalue weighted by atomic mass is 10.1. The minimum absolute atomic E-state index is 0. The van der Waals surface area contributed by atoms with Gasteiger partial charge in [0.15, 0.2) is 0 Å². The Morgan fingerprint density at radius 1 is 1.17 bits per heavy atom. The van der Waals surface area contributed by atoms with E-state index >= 15 is 0 Å². The smallest absolute Gasteiger partial charge is 0.251 e. The summed E-state index contributed by atoms with van der Waals surface area (Å²) in [5.74, 6) is -0.0923. The van der Waals surface area contributed by atoms with E-state index in [9.17, 15) is 4.79 Å². The third-order valence-corrected chi connectivity index (χ3v) is 3.75. The van der Waals surface area contributed by atoms with E-state index in [4.69, 9.17) is 0 Å². The summed E-state index contributed by atoms with van der Waals surface area (Å²) in [6, 6.07) is 11.3. The summed E-state index contributed by atoms with van der Waals surface area (Å²) in [7, 11) is 0. The van der Waals surface area contributed by atoms with E-state index in [-0.39, 0.29) is 18.3 Å². The summed E-state index contributed by atoms with van der Waals surface area (Å²) in [6.45, 7) is 1.11. The van der Waals surface area contributed by atoms with Gasteiger partial charge >= 0.3 is 0 Å². The Balaban J connectivity index is 0.00000208. The van der Waals surface area contributed by atoms with Crippen LogP contribution in [0.1, 0.15) is 21.5 Å². The summed E-state index contributed by atoms with van der Waals surface area (Å²) >= 11 is 3.37. The first-order valence-electron chi connectivity index (χ1n) is 7.15. The maximum absolute atomic E-state index is 12.3. The molecule has 124 valence electrons. The molecule has 0 radical (unpaired) electrons. The van der Waals surface area contributed by atoms with Gasteiger partial charge in [0.05, 0.1) is 17.2 Å². The molecule has 5 nitrogen and oxygen atoms in total. The van der Waals surface area contributed by atoms with Crippen LogP contribution in [0.15, 0.2) is 65.7 Å². The molecule has 1 amide bonds. The van der Waals surface area contributed by atoms with Crippen molar-refractivity contribution in [3.8, 4) is 0 Å². The summed E-state index contributed by atoms with van der Waals surface area (Å²) < 4.78 is 2.75. The Morgan fingerprint density at radius 2 is 1.96 bits per heavy atom. The highest BCUT2D eigenvalue weighted by molar-refractivity contribution is 9.10. The third-order valence-electron chi connectivity index (χ3n) is 3.34. The van der Waals surface area contributed by atoms with Crippen molar-refractivity contribution in [2.45, 2.75) is 13.1 Å². The van der Waals surface area contributed by atoms with Crippen molar-refractivity contribution in [1.82, 2.24) is 20.1 Å². The van der Waals surface area contributed by atoms with E-state index in [0.717, 1.165) is 15.6 Å². The van der Waals surface area contributed by atoms with Crippen LogP contribution in [0.4, 0.5) is 0 Å². The van der Waals surface area contributed by atoms with Crippen LogP contribution in [0.2, 0.25) is 0 Å². The average molecular weight is 407 g/mol. The van der Waals surface area contributed by atoms with E-state index in [1.54, 1.807) is 18.6 Å². The molecule has 0 atom stereocenters. The first-order chi connectivity index (χ1) is 11.2. The molecule has 0 bridgehead atoms. The molecule has 0 aliphatic rings. The first-order valence-corrected chi connectivity index (χ1v) is 7.94. The maximum atomic E-state index is 12.3. The first kappa shape index (κ1) is 18.2. The topological polar surface area (TPSA) is 59.8 Å². The lowest BCUT2D eigenvalue weighted by Gasteiger charge is -2.07. The molecule has 1 N–H and O–H groups in total. The fourth-order valence-electron chi connectivity index (χ4n) is 2.21. The zero-order chi connectivity index (χ0) is 16.1. The lowest BCUT2D eigenvalue weighted by molar-refractivity contribution is -0.0000129. The van der Waals surface area contributed by atoms with Crippen molar-refractivity contribution in [3.63, 3.8) is 0 Å². The Labute approximate surface area is 154 Å². The largest absolute Gasteiger partial charge is 1.00 e. The lowest BCUT2D eigenvalue weighted by Crippen LogP contribution is -3.00. The molecule has 2 aromatic heterocycles. The Bertz CT molecular complexity index is 807. The fraction of sp³-hybridized carbons (Fsp3) is 0.118. The number of rotatable bonds is 5. The number of carbonyl (C=O) groups excluding carboxylic acids is 1. The van der Waals surface area contributed by atoms with Gasteiger partial charge in [0.2, 0.25) is 0 Å². The molecule has 0 aliphatic heterocycles. The van der Waals surface area contributed by atoms with E-state index in [1.807, 2.05) is 47.3 Å². The second-order valence-corrected chi connectivity index (χ2v) is 6.01. The number of hydrogen-bond donors (Lipinski definition) is 1. The second-order valence-electron chi connectivity index (χ2n) is 5.09. The van der Waals surface area contributed by atoms with Crippen LogP contribution in [-0.2, 0) is 13.1 Å². The van der Waals surface area contributed by atoms with Crippen molar-refractivity contribution in [2.24, 2.45) is 0 Å². The minimum atomic E-state index is -0.0923. The summed E-state index contributed by atoms with van der Waals surface area (Å²) in [5.41, 5.74) is 2.69. The van der Waals surface area contributed by atoms with Gasteiger partial charge in [0, 0.05) is 30.7 Å². The monoisotopic (exact) mass is 405 g/mol. The van der Waals surface area contributed by atoms with E-state index in [1.165, 1.54) is 0 Å². The van der Waals surface area contributed by atoms with Gasteiger partial charge in [0.1, 0.15) is 0 Å². The third kappa shape index (κ3) is 4.91. The zero-order valence-electron chi connectivity index (χ0n) is 12.7. The molecule has 24 heavy (non-hydrogen) atoms. The van der Waals surface area contributed by atoms with Gasteiger partial charge in [0.25, 0.3) is 5.91 Å². The highest BCUT2D eigenvalue weighted by Gasteiger charge is 2.07. The molecular weight excluding hydrogens is 392 g/mol. The molecule has 0 spiro atoms. The number of carbonyl (C=O) groups is 1. The predicted molar refractivity (Wildman–Crippen MR) is 90.9 cm³/mol. The van der Waals surface area contributed by atoms with Gasteiger partial charge in [-0.1, -0.05) is 12.1 Å². The molecule has 0 saturated carbocycles. The number of hydrogen-bond acceptors (Lipinski definition) is 3. The van der Waals surface area contributed by atoms with Crippen LogP contribution in [0.3, 0.4) is 0 Å². The molecule has 3 rings (SSSR count). The number of benzene rings is 1. The standard InChI is InChI=1S/C17H15BrN4O.ClH/c18-16-10-21-22(12-16)11-14-2-1-3-15(8-14)17(23)20-9-13-4-6-19-7-5-13;/h1-8,10,12H,9,11H2,(H,20,23);1H/p-1. The van der Waals surface area contributed by atoms with Crippen LogP contribution in [0.25, 0.3) is 0 Å². The van der Waals surface area contributed by atoms with Crippen LogP contribution in [-0.4, -0.2) is 20.7 Å². The second kappa shape index (κ2) is 8.61. The summed E-state index contributed by atoms with van der Waals surface area (Å²) in [6.07, 6.45) is 7.07.